The first-order valence-corrected chi connectivity index (χ1v) is 8.58. The molecule has 2 atom stereocenters. The molecule has 1 aliphatic carbocycles. The van der Waals surface area contributed by atoms with Gasteiger partial charge in [0.25, 0.3) is 0 Å². The molecule has 0 saturated heterocycles. The second-order valence-electron chi connectivity index (χ2n) is 6.06. The van der Waals surface area contributed by atoms with Gasteiger partial charge in [-0.1, -0.05) is 24.7 Å². The lowest BCUT2D eigenvalue weighted by atomic mass is 9.67. The van der Waals surface area contributed by atoms with Crippen LogP contribution in [0.4, 0.5) is 0 Å². The average Bonchev–Trinajstić information content (AvgIpc) is 3.10. The SMILES string of the molecule is CNC(=S)C1(c2cccn3ccnc23)CCCCC1OC(=O)CN. The summed E-state index contributed by atoms with van der Waals surface area (Å²) < 4.78 is 7.69. The lowest BCUT2D eigenvalue weighted by Gasteiger charge is -2.44. The van der Waals surface area contributed by atoms with Crippen molar-refractivity contribution < 1.29 is 9.53 Å². The van der Waals surface area contributed by atoms with Crippen LogP contribution in [0.1, 0.15) is 31.2 Å². The molecule has 0 aromatic carbocycles. The number of hydrogen-bond acceptors (Lipinski definition) is 5. The Bertz CT molecular complexity index is 760. The number of ether oxygens (including phenoxy) is 1. The summed E-state index contributed by atoms with van der Waals surface area (Å²) in [5.74, 6) is -0.402. The summed E-state index contributed by atoms with van der Waals surface area (Å²) in [6.45, 7) is -0.132. The van der Waals surface area contributed by atoms with E-state index in [1.165, 1.54) is 0 Å². The number of rotatable bonds is 4. The van der Waals surface area contributed by atoms with E-state index in [9.17, 15) is 4.79 Å². The van der Waals surface area contributed by atoms with Gasteiger partial charge in [-0.15, -0.1) is 0 Å². The van der Waals surface area contributed by atoms with E-state index in [0.717, 1.165) is 36.9 Å². The maximum Gasteiger partial charge on any atom is 0.320 e. The minimum absolute atomic E-state index is 0.132. The number of carbonyl (C=O) groups excluding carboxylic acids is 1. The van der Waals surface area contributed by atoms with E-state index in [1.807, 2.05) is 36.0 Å². The highest BCUT2D eigenvalue weighted by molar-refractivity contribution is 7.80. The van der Waals surface area contributed by atoms with E-state index in [4.69, 9.17) is 22.7 Å². The lowest BCUT2D eigenvalue weighted by molar-refractivity contribution is -0.151. The molecule has 7 heteroatoms. The lowest BCUT2D eigenvalue weighted by Crippen LogP contribution is -2.54. The summed E-state index contributed by atoms with van der Waals surface area (Å²) in [5, 5.41) is 3.12. The number of pyridine rings is 1. The van der Waals surface area contributed by atoms with Gasteiger partial charge in [0.2, 0.25) is 0 Å². The third-order valence-electron chi connectivity index (χ3n) is 4.81. The topological polar surface area (TPSA) is 81.7 Å². The second kappa shape index (κ2) is 6.86. The predicted octanol–water partition coefficient (Wildman–Crippen LogP) is 1.56. The largest absolute Gasteiger partial charge is 0.460 e. The van der Waals surface area contributed by atoms with Gasteiger partial charge in [0.05, 0.1) is 16.9 Å². The second-order valence-corrected chi connectivity index (χ2v) is 6.47. The zero-order chi connectivity index (χ0) is 17.2. The van der Waals surface area contributed by atoms with Gasteiger partial charge in [0.1, 0.15) is 11.8 Å². The molecule has 0 spiro atoms. The van der Waals surface area contributed by atoms with Gasteiger partial charge in [0, 0.05) is 31.2 Å². The van der Waals surface area contributed by atoms with Gasteiger partial charge < -0.3 is 20.2 Å². The van der Waals surface area contributed by atoms with E-state index in [-0.39, 0.29) is 12.6 Å². The highest BCUT2D eigenvalue weighted by atomic mass is 32.1. The Morgan fingerprint density at radius 3 is 3.12 bits per heavy atom. The van der Waals surface area contributed by atoms with Gasteiger partial charge in [-0.3, -0.25) is 4.79 Å². The van der Waals surface area contributed by atoms with Crippen LogP contribution in [0.25, 0.3) is 5.65 Å². The Labute approximate surface area is 146 Å². The molecule has 2 unspecified atom stereocenters. The maximum atomic E-state index is 11.9. The number of thiocarbonyl (C=S) groups is 1. The number of esters is 1. The summed E-state index contributed by atoms with van der Waals surface area (Å²) in [5.41, 5.74) is 6.71. The number of hydrogen-bond donors (Lipinski definition) is 2. The van der Waals surface area contributed by atoms with Gasteiger partial charge in [0.15, 0.2) is 0 Å². The Kier molecular flexibility index (Phi) is 4.82. The molecular weight excluding hydrogens is 324 g/mol. The van der Waals surface area contributed by atoms with Crippen molar-refractivity contribution in [2.45, 2.75) is 37.2 Å². The van der Waals surface area contributed by atoms with Crippen molar-refractivity contribution in [3.05, 3.63) is 36.3 Å². The molecule has 128 valence electrons. The highest BCUT2D eigenvalue weighted by Crippen LogP contribution is 2.43. The first-order chi connectivity index (χ1) is 11.6. The fraction of sp³-hybridized carbons (Fsp3) is 0.471. The Balaban J connectivity index is 2.17. The first-order valence-electron chi connectivity index (χ1n) is 8.17. The molecule has 24 heavy (non-hydrogen) atoms. The van der Waals surface area contributed by atoms with Crippen molar-refractivity contribution in [3.8, 4) is 0 Å². The molecule has 2 aromatic heterocycles. The van der Waals surface area contributed by atoms with Gasteiger partial charge in [-0.25, -0.2) is 4.98 Å². The number of aromatic nitrogens is 2. The van der Waals surface area contributed by atoms with Crippen molar-refractivity contribution in [1.82, 2.24) is 14.7 Å². The maximum absolute atomic E-state index is 11.9. The average molecular weight is 346 g/mol. The Hall–Kier alpha value is -1.99. The predicted molar refractivity (Wildman–Crippen MR) is 95.9 cm³/mol. The summed E-state index contributed by atoms with van der Waals surface area (Å²) in [4.78, 5) is 17.1. The van der Waals surface area contributed by atoms with Crippen molar-refractivity contribution >= 4 is 28.8 Å². The minimum Gasteiger partial charge on any atom is -0.460 e. The number of imidazole rings is 1. The molecule has 0 radical (unpaired) electrons. The van der Waals surface area contributed by atoms with Gasteiger partial charge in [-0.05, 0) is 25.3 Å². The van der Waals surface area contributed by atoms with Crippen LogP contribution in [0.15, 0.2) is 30.7 Å². The van der Waals surface area contributed by atoms with E-state index in [1.54, 1.807) is 6.20 Å². The van der Waals surface area contributed by atoms with Crippen molar-refractivity contribution in [1.29, 1.82) is 0 Å². The quantitative estimate of drug-likeness (QED) is 0.646. The van der Waals surface area contributed by atoms with Crippen LogP contribution in [0.3, 0.4) is 0 Å². The van der Waals surface area contributed by atoms with E-state index < -0.39 is 11.4 Å². The van der Waals surface area contributed by atoms with Crippen molar-refractivity contribution in [2.75, 3.05) is 13.6 Å². The fourth-order valence-corrected chi connectivity index (χ4v) is 4.06. The molecule has 2 aromatic rings. The minimum atomic E-state index is -0.582. The molecule has 2 heterocycles. The number of fused-ring (bicyclic) bond motifs is 1. The van der Waals surface area contributed by atoms with Crippen molar-refractivity contribution in [3.63, 3.8) is 0 Å². The van der Waals surface area contributed by atoms with Gasteiger partial charge in [-0.2, -0.15) is 0 Å². The van der Waals surface area contributed by atoms with Gasteiger partial charge >= 0.3 is 5.97 Å². The normalized spacial score (nSPS) is 23.8. The zero-order valence-electron chi connectivity index (χ0n) is 13.7. The van der Waals surface area contributed by atoms with Crippen LogP contribution in [-0.4, -0.2) is 40.0 Å². The molecule has 1 saturated carbocycles. The van der Waals surface area contributed by atoms with Crippen LogP contribution in [0.5, 0.6) is 0 Å². The number of carbonyl (C=O) groups is 1. The molecule has 0 aliphatic heterocycles. The van der Waals surface area contributed by atoms with E-state index >= 15 is 0 Å². The molecule has 1 fully saturated rings. The summed E-state index contributed by atoms with van der Waals surface area (Å²) in [6, 6.07) is 4.00. The van der Waals surface area contributed by atoms with Crippen LogP contribution < -0.4 is 11.1 Å². The summed E-state index contributed by atoms with van der Waals surface area (Å²) in [6.07, 6.45) is 8.85. The number of nitrogens with zero attached hydrogens (tertiary/aromatic N) is 2. The number of likely N-dealkylation sites (N-methyl/N-ethyl adjacent to an activating group) is 1. The highest BCUT2D eigenvalue weighted by Gasteiger charge is 2.49. The fourth-order valence-electron chi connectivity index (χ4n) is 3.72. The zero-order valence-corrected chi connectivity index (χ0v) is 14.5. The number of nitrogens with one attached hydrogen (secondary N) is 1. The monoisotopic (exact) mass is 346 g/mol. The Morgan fingerprint density at radius 1 is 1.54 bits per heavy atom. The third-order valence-corrected chi connectivity index (χ3v) is 5.38. The summed E-state index contributed by atoms with van der Waals surface area (Å²) >= 11 is 5.70. The van der Waals surface area contributed by atoms with Crippen LogP contribution in [-0.2, 0) is 14.9 Å². The van der Waals surface area contributed by atoms with E-state index in [0.29, 0.717) is 4.99 Å². The Morgan fingerprint density at radius 2 is 2.38 bits per heavy atom. The molecular formula is C17H22N4O2S. The third kappa shape index (κ3) is 2.67. The van der Waals surface area contributed by atoms with E-state index in [2.05, 4.69) is 10.3 Å². The standard InChI is InChI=1S/C17H22N4O2S/c1-19-16(24)17(7-3-2-6-13(17)23-14(22)11-18)12-5-4-9-21-10-8-20-15(12)21/h4-5,8-10,13H,2-3,6-7,11,18H2,1H3,(H,19,24). The number of nitrogens with two attached hydrogens (primary N) is 1. The molecule has 1 aliphatic rings. The molecule has 0 bridgehead atoms. The van der Waals surface area contributed by atoms with Crippen LogP contribution in [0, 0.1) is 0 Å². The summed E-state index contributed by atoms with van der Waals surface area (Å²) in [7, 11) is 1.81. The first kappa shape index (κ1) is 16.9. The van der Waals surface area contributed by atoms with Crippen molar-refractivity contribution in [2.24, 2.45) is 5.73 Å². The molecule has 6 nitrogen and oxygen atoms in total. The molecule has 3 rings (SSSR count). The van der Waals surface area contributed by atoms with Crippen LogP contribution >= 0.6 is 12.2 Å². The van der Waals surface area contributed by atoms with Crippen LogP contribution in [0.2, 0.25) is 0 Å². The molecule has 3 N–H and O–H groups in total. The smallest absolute Gasteiger partial charge is 0.320 e. The molecule has 0 amide bonds.